The smallest absolute Gasteiger partial charge is 0.123 e. The van der Waals surface area contributed by atoms with Gasteiger partial charge in [-0.2, -0.15) is 0 Å². The van der Waals surface area contributed by atoms with E-state index in [1.54, 1.807) is 6.07 Å². The Balaban J connectivity index is 1.78. The maximum atomic E-state index is 10.3. The first kappa shape index (κ1) is 14.6. The molecule has 0 heterocycles. The van der Waals surface area contributed by atoms with E-state index in [4.69, 9.17) is 0 Å². The third-order valence-corrected chi connectivity index (χ3v) is 5.63. The summed E-state index contributed by atoms with van der Waals surface area (Å²) < 4.78 is 0. The number of hydrogen-bond donors (Lipinski definition) is 1. The molecule has 6 aromatic carbocycles. The lowest BCUT2D eigenvalue weighted by Crippen LogP contribution is -1.82. The molecule has 0 aromatic heterocycles. The topological polar surface area (TPSA) is 20.2 Å². The lowest BCUT2D eigenvalue weighted by atomic mass is 9.94. The number of hydrogen-bond acceptors (Lipinski definition) is 1. The van der Waals surface area contributed by atoms with Gasteiger partial charge in [0.25, 0.3) is 0 Å². The van der Waals surface area contributed by atoms with Crippen molar-refractivity contribution in [2.45, 2.75) is 0 Å². The summed E-state index contributed by atoms with van der Waals surface area (Å²) in [6.07, 6.45) is 0. The van der Waals surface area contributed by atoms with E-state index in [0.29, 0.717) is 5.75 Å². The Labute approximate surface area is 156 Å². The Morgan fingerprint density at radius 3 is 1.63 bits per heavy atom. The van der Waals surface area contributed by atoms with Gasteiger partial charge in [0.2, 0.25) is 0 Å². The molecular weight excluding hydrogens is 328 g/mol. The van der Waals surface area contributed by atoms with E-state index in [0.717, 1.165) is 10.8 Å². The first-order valence-electron chi connectivity index (χ1n) is 9.17. The van der Waals surface area contributed by atoms with Crippen LogP contribution in [0, 0.1) is 0 Å². The van der Waals surface area contributed by atoms with Crippen molar-refractivity contribution in [3.05, 3.63) is 91.0 Å². The number of phenolic OH excluding ortho intramolecular Hbond substituents is 1. The van der Waals surface area contributed by atoms with Crippen LogP contribution in [0.1, 0.15) is 0 Å². The average molecular weight is 344 g/mol. The normalized spacial score (nSPS) is 11.9. The maximum absolute atomic E-state index is 10.3. The Bertz CT molecular complexity index is 1530. The maximum Gasteiger partial charge on any atom is 0.123 e. The van der Waals surface area contributed by atoms with E-state index in [9.17, 15) is 5.11 Å². The SMILES string of the molecule is Oc1cccc2cc3ccc4cc5cc6ccccc6cc5cc4c3cc12. The summed E-state index contributed by atoms with van der Waals surface area (Å²) in [4.78, 5) is 0. The minimum atomic E-state index is 0.332. The molecule has 0 bridgehead atoms. The fraction of sp³-hybridized carbons (Fsp3) is 0. The zero-order valence-electron chi connectivity index (χ0n) is 14.6. The van der Waals surface area contributed by atoms with Crippen molar-refractivity contribution in [3.8, 4) is 5.75 Å². The van der Waals surface area contributed by atoms with Crippen LogP contribution in [-0.4, -0.2) is 5.11 Å². The molecule has 126 valence electrons. The molecular formula is C26H16O. The van der Waals surface area contributed by atoms with Crippen LogP contribution in [0.3, 0.4) is 0 Å². The molecule has 0 fully saturated rings. The van der Waals surface area contributed by atoms with Crippen LogP contribution in [0.15, 0.2) is 91.0 Å². The van der Waals surface area contributed by atoms with Crippen molar-refractivity contribution in [2.75, 3.05) is 0 Å². The number of benzene rings is 6. The van der Waals surface area contributed by atoms with Crippen LogP contribution in [0.4, 0.5) is 0 Å². The van der Waals surface area contributed by atoms with Gasteiger partial charge in [0.1, 0.15) is 5.75 Å². The van der Waals surface area contributed by atoms with Gasteiger partial charge in [-0.05, 0) is 90.9 Å². The molecule has 6 rings (SSSR count). The van der Waals surface area contributed by atoms with E-state index in [1.807, 2.05) is 12.1 Å². The molecule has 6 aromatic rings. The van der Waals surface area contributed by atoms with Gasteiger partial charge in [-0.15, -0.1) is 0 Å². The third kappa shape index (κ3) is 2.12. The molecule has 1 N–H and O–H groups in total. The van der Waals surface area contributed by atoms with Crippen molar-refractivity contribution in [2.24, 2.45) is 0 Å². The van der Waals surface area contributed by atoms with Crippen LogP contribution in [0.25, 0.3) is 53.9 Å². The third-order valence-electron chi connectivity index (χ3n) is 5.63. The van der Waals surface area contributed by atoms with Crippen molar-refractivity contribution < 1.29 is 5.11 Å². The summed E-state index contributed by atoms with van der Waals surface area (Å²) in [5.41, 5.74) is 0. The quantitative estimate of drug-likeness (QED) is 0.229. The summed E-state index contributed by atoms with van der Waals surface area (Å²) in [5, 5.41) is 22.1. The average Bonchev–Trinajstić information content (AvgIpc) is 2.70. The van der Waals surface area contributed by atoms with Gasteiger partial charge in [0.05, 0.1) is 0 Å². The zero-order chi connectivity index (χ0) is 18.0. The lowest BCUT2D eigenvalue weighted by molar-refractivity contribution is 0.481. The van der Waals surface area contributed by atoms with Gasteiger partial charge in [-0.25, -0.2) is 0 Å². The van der Waals surface area contributed by atoms with Crippen LogP contribution in [0.5, 0.6) is 5.75 Å². The highest BCUT2D eigenvalue weighted by Gasteiger charge is 2.07. The first-order valence-corrected chi connectivity index (χ1v) is 9.17. The monoisotopic (exact) mass is 344 g/mol. The fourth-order valence-corrected chi connectivity index (χ4v) is 4.26. The number of aromatic hydroxyl groups is 1. The summed E-state index contributed by atoms with van der Waals surface area (Å²) in [7, 11) is 0. The number of fused-ring (bicyclic) bond motifs is 6. The minimum Gasteiger partial charge on any atom is -0.507 e. The molecule has 1 nitrogen and oxygen atoms in total. The van der Waals surface area contributed by atoms with E-state index in [-0.39, 0.29) is 0 Å². The molecule has 0 radical (unpaired) electrons. The lowest BCUT2D eigenvalue weighted by Gasteiger charge is -2.10. The second-order valence-electron chi connectivity index (χ2n) is 7.26. The summed E-state index contributed by atoms with van der Waals surface area (Å²) >= 11 is 0. The van der Waals surface area contributed by atoms with Gasteiger partial charge < -0.3 is 5.11 Å². The van der Waals surface area contributed by atoms with E-state index >= 15 is 0 Å². The van der Waals surface area contributed by atoms with Crippen LogP contribution in [-0.2, 0) is 0 Å². The highest BCUT2D eigenvalue weighted by atomic mass is 16.3. The summed E-state index contributed by atoms with van der Waals surface area (Å²) in [6, 6.07) is 31.9. The molecule has 0 aliphatic heterocycles. The van der Waals surface area contributed by atoms with Crippen LogP contribution < -0.4 is 0 Å². The highest BCUT2D eigenvalue weighted by Crippen LogP contribution is 2.35. The van der Waals surface area contributed by atoms with Crippen LogP contribution >= 0.6 is 0 Å². The van der Waals surface area contributed by atoms with Gasteiger partial charge >= 0.3 is 0 Å². The number of rotatable bonds is 0. The van der Waals surface area contributed by atoms with Gasteiger partial charge in [-0.1, -0.05) is 48.5 Å². The molecule has 0 spiro atoms. The Morgan fingerprint density at radius 1 is 0.370 bits per heavy atom. The molecule has 0 aliphatic rings. The Kier molecular flexibility index (Phi) is 2.81. The Hall–Kier alpha value is -3.58. The minimum absolute atomic E-state index is 0.332. The first-order chi connectivity index (χ1) is 13.3. The molecule has 27 heavy (non-hydrogen) atoms. The van der Waals surface area contributed by atoms with Crippen molar-refractivity contribution in [1.82, 2.24) is 0 Å². The second kappa shape index (κ2) is 5.21. The molecule has 0 saturated heterocycles. The highest BCUT2D eigenvalue weighted by molar-refractivity contribution is 6.16. The Morgan fingerprint density at radius 2 is 0.889 bits per heavy atom. The van der Waals surface area contributed by atoms with Gasteiger partial charge in [0.15, 0.2) is 0 Å². The van der Waals surface area contributed by atoms with E-state index in [2.05, 4.69) is 72.8 Å². The second-order valence-corrected chi connectivity index (χ2v) is 7.26. The molecule has 0 unspecified atom stereocenters. The predicted molar refractivity (Wildman–Crippen MR) is 116 cm³/mol. The van der Waals surface area contributed by atoms with Crippen molar-refractivity contribution in [3.63, 3.8) is 0 Å². The fourth-order valence-electron chi connectivity index (χ4n) is 4.26. The van der Waals surface area contributed by atoms with Gasteiger partial charge in [0, 0.05) is 5.39 Å². The predicted octanol–water partition coefficient (Wildman–Crippen LogP) is 7.16. The largest absolute Gasteiger partial charge is 0.507 e. The molecule has 0 atom stereocenters. The molecule has 0 amide bonds. The van der Waals surface area contributed by atoms with E-state index in [1.165, 1.54) is 43.1 Å². The standard InChI is InChI=1S/C26H16O/c27-26-7-3-6-18-12-19-8-9-20-13-21-10-16-4-1-2-5-17(16)11-22(21)14-23(20)24(19)15-25(18)26/h1-15,27H. The summed E-state index contributed by atoms with van der Waals surface area (Å²) in [6.45, 7) is 0. The molecule has 0 saturated carbocycles. The molecule has 1 heteroatoms. The van der Waals surface area contributed by atoms with Gasteiger partial charge in [-0.3, -0.25) is 0 Å². The zero-order valence-corrected chi connectivity index (χ0v) is 14.6. The van der Waals surface area contributed by atoms with E-state index < -0.39 is 0 Å². The van der Waals surface area contributed by atoms with Crippen molar-refractivity contribution in [1.29, 1.82) is 0 Å². The molecule has 0 aliphatic carbocycles. The summed E-state index contributed by atoms with van der Waals surface area (Å²) in [5.74, 6) is 0.332. The van der Waals surface area contributed by atoms with Crippen molar-refractivity contribution >= 4 is 53.9 Å². The number of phenols is 1. The van der Waals surface area contributed by atoms with Crippen LogP contribution in [0.2, 0.25) is 0 Å².